The lowest BCUT2D eigenvalue weighted by Gasteiger charge is -2.24. The van der Waals surface area contributed by atoms with Crippen molar-refractivity contribution in [2.45, 2.75) is 19.1 Å². The van der Waals surface area contributed by atoms with Crippen molar-refractivity contribution in [2.24, 2.45) is 5.73 Å². The second-order valence-corrected chi connectivity index (χ2v) is 5.72. The van der Waals surface area contributed by atoms with Crippen molar-refractivity contribution in [3.8, 4) is 5.75 Å². The van der Waals surface area contributed by atoms with Crippen molar-refractivity contribution in [1.82, 2.24) is 0 Å². The predicted molar refractivity (Wildman–Crippen MR) is 84.9 cm³/mol. The summed E-state index contributed by atoms with van der Waals surface area (Å²) in [6, 6.07) is 12.3. The molecule has 2 nitrogen and oxygen atoms in total. The highest BCUT2D eigenvalue weighted by Crippen LogP contribution is 2.32. The lowest BCUT2D eigenvalue weighted by Crippen LogP contribution is -2.29. The molecular weight excluding hydrogens is 317 g/mol. The van der Waals surface area contributed by atoms with Crippen LogP contribution in [0.4, 0.5) is 0 Å². The van der Waals surface area contributed by atoms with Crippen molar-refractivity contribution in [3.05, 3.63) is 63.1 Å². The monoisotopic (exact) mass is 329 g/mol. The molecule has 0 radical (unpaired) electrons. The first-order valence-corrected chi connectivity index (χ1v) is 7.24. The number of halogens is 3. The maximum absolute atomic E-state index is 6.20. The molecule has 2 N–H and O–H groups in total. The fraction of sp³-hybridized carbons (Fsp3) is 0.200. The van der Waals surface area contributed by atoms with Crippen molar-refractivity contribution >= 4 is 34.8 Å². The third kappa shape index (κ3) is 3.58. The van der Waals surface area contributed by atoms with Crippen LogP contribution in [0.15, 0.2) is 42.5 Å². The van der Waals surface area contributed by atoms with E-state index >= 15 is 0 Å². The minimum Gasteiger partial charge on any atom is -0.484 e. The molecule has 0 aliphatic carbocycles. The zero-order chi connectivity index (χ0) is 14.7. The smallest absolute Gasteiger partial charge is 0.140 e. The highest BCUT2D eigenvalue weighted by atomic mass is 35.5. The van der Waals surface area contributed by atoms with E-state index in [4.69, 9.17) is 45.3 Å². The summed E-state index contributed by atoms with van der Waals surface area (Å²) in [6.45, 7) is 1.87. The van der Waals surface area contributed by atoms with E-state index in [9.17, 15) is 0 Å². The summed E-state index contributed by atoms with van der Waals surface area (Å²) in [6.07, 6.45) is -0.360. The Balaban J connectivity index is 2.31. The summed E-state index contributed by atoms with van der Waals surface area (Å²) in [7, 11) is 0. The molecule has 2 atom stereocenters. The van der Waals surface area contributed by atoms with Crippen LogP contribution < -0.4 is 10.5 Å². The molecule has 0 heterocycles. The zero-order valence-electron chi connectivity index (χ0n) is 10.8. The summed E-state index contributed by atoms with van der Waals surface area (Å²) in [5.74, 6) is 0.599. The number of rotatable bonds is 4. The molecule has 2 aromatic rings. The lowest BCUT2D eigenvalue weighted by molar-refractivity contribution is 0.180. The quantitative estimate of drug-likeness (QED) is 0.845. The topological polar surface area (TPSA) is 35.2 Å². The summed E-state index contributed by atoms with van der Waals surface area (Å²) < 4.78 is 5.93. The standard InChI is InChI=1S/C15H14Cl3NO/c1-9(19)15(11-4-2-3-5-12(11)16)20-10-6-7-13(17)14(18)8-10/h2-9,15H,19H2,1H3. The van der Waals surface area contributed by atoms with E-state index in [0.29, 0.717) is 20.8 Å². The van der Waals surface area contributed by atoms with Crippen LogP contribution in [-0.2, 0) is 0 Å². The molecule has 0 aliphatic heterocycles. The normalized spacial score (nSPS) is 13.8. The third-order valence-corrected chi connectivity index (χ3v) is 3.93. The Morgan fingerprint density at radius 2 is 1.65 bits per heavy atom. The van der Waals surface area contributed by atoms with Gasteiger partial charge in [-0.05, 0) is 25.1 Å². The number of hydrogen-bond acceptors (Lipinski definition) is 2. The van der Waals surface area contributed by atoms with Crippen molar-refractivity contribution < 1.29 is 4.74 Å². The Kier molecular flexibility index (Phi) is 5.17. The molecule has 5 heteroatoms. The summed E-state index contributed by atoms with van der Waals surface area (Å²) >= 11 is 18.1. The highest BCUT2D eigenvalue weighted by Gasteiger charge is 2.21. The molecule has 0 aromatic heterocycles. The van der Waals surface area contributed by atoms with E-state index in [0.717, 1.165) is 5.56 Å². The average molecular weight is 331 g/mol. The van der Waals surface area contributed by atoms with Crippen LogP contribution in [0.3, 0.4) is 0 Å². The van der Waals surface area contributed by atoms with Crippen molar-refractivity contribution in [1.29, 1.82) is 0 Å². The van der Waals surface area contributed by atoms with Crippen LogP contribution >= 0.6 is 34.8 Å². The lowest BCUT2D eigenvalue weighted by atomic mass is 10.0. The first-order chi connectivity index (χ1) is 9.49. The maximum atomic E-state index is 6.20. The maximum Gasteiger partial charge on any atom is 0.140 e. The van der Waals surface area contributed by atoms with Crippen molar-refractivity contribution in [3.63, 3.8) is 0 Å². The molecule has 0 bridgehead atoms. The Morgan fingerprint density at radius 3 is 2.25 bits per heavy atom. The van der Waals surface area contributed by atoms with Gasteiger partial charge >= 0.3 is 0 Å². The van der Waals surface area contributed by atoms with Gasteiger partial charge in [0.15, 0.2) is 0 Å². The predicted octanol–water partition coefficient (Wildman–Crippen LogP) is 5.11. The van der Waals surface area contributed by atoms with Crippen LogP contribution in [0.1, 0.15) is 18.6 Å². The van der Waals surface area contributed by atoms with Gasteiger partial charge in [-0.1, -0.05) is 53.0 Å². The average Bonchev–Trinajstić information content (AvgIpc) is 2.41. The van der Waals surface area contributed by atoms with E-state index in [2.05, 4.69) is 0 Å². The van der Waals surface area contributed by atoms with Gasteiger partial charge in [-0.15, -0.1) is 0 Å². The number of ether oxygens (including phenoxy) is 1. The molecule has 2 rings (SSSR count). The minimum atomic E-state index is -0.360. The van der Waals surface area contributed by atoms with E-state index in [1.54, 1.807) is 18.2 Å². The van der Waals surface area contributed by atoms with Gasteiger partial charge in [0, 0.05) is 22.7 Å². The first kappa shape index (κ1) is 15.5. The van der Waals surface area contributed by atoms with Gasteiger partial charge in [0.2, 0.25) is 0 Å². The van der Waals surface area contributed by atoms with E-state index < -0.39 is 0 Å². The van der Waals surface area contributed by atoms with Gasteiger partial charge in [0.25, 0.3) is 0 Å². The van der Waals surface area contributed by atoms with E-state index in [1.165, 1.54) is 0 Å². The molecule has 0 amide bonds. The Labute approximate surface area is 133 Å². The Bertz CT molecular complexity index is 601. The summed E-state index contributed by atoms with van der Waals surface area (Å²) in [5, 5.41) is 1.54. The number of benzene rings is 2. The van der Waals surface area contributed by atoms with Crippen LogP contribution in [-0.4, -0.2) is 6.04 Å². The Morgan fingerprint density at radius 1 is 0.950 bits per heavy atom. The summed E-state index contributed by atoms with van der Waals surface area (Å²) in [5.41, 5.74) is 6.85. The third-order valence-electron chi connectivity index (χ3n) is 2.84. The van der Waals surface area contributed by atoms with Gasteiger partial charge in [0.05, 0.1) is 10.0 Å². The first-order valence-electron chi connectivity index (χ1n) is 6.10. The van der Waals surface area contributed by atoms with Crippen LogP contribution in [0, 0.1) is 0 Å². The fourth-order valence-electron chi connectivity index (χ4n) is 1.86. The van der Waals surface area contributed by atoms with Crippen LogP contribution in [0.25, 0.3) is 0 Å². The molecule has 0 aliphatic rings. The molecule has 0 saturated carbocycles. The van der Waals surface area contributed by atoms with Gasteiger partial charge in [-0.25, -0.2) is 0 Å². The molecule has 0 saturated heterocycles. The van der Waals surface area contributed by atoms with E-state index in [1.807, 2.05) is 31.2 Å². The van der Waals surface area contributed by atoms with E-state index in [-0.39, 0.29) is 12.1 Å². The number of nitrogens with two attached hydrogens (primary N) is 1. The van der Waals surface area contributed by atoms with Crippen molar-refractivity contribution in [2.75, 3.05) is 0 Å². The molecule has 0 fully saturated rings. The summed E-state index contributed by atoms with van der Waals surface area (Å²) in [4.78, 5) is 0. The Hall–Kier alpha value is -0.930. The number of hydrogen-bond donors (Lipinski definition) is 1. The second kappa shape index (κ2) is 6.68. The van der Waals surface area contributed by atoms with Crippen LogP contribution in [0.2, 0.25) is 15.1 Å². The highest BCUT2D eigenvalue weighted by molar-refractivity contribution is 6.42. The zero-order valence-corrected chi connectivity index (χ0v) is 13.1. The SMILES string of the molecule is CC(N)C(Oc1ccc(Cl)c(Cl)c1)c1ccccc1Cl. The molecule has 2 unspecified atom stereocenters. The molecular formula is C15H14Cl3NO. The van der Waals surface area contributed by atoms with Gasteiger partial charge in [-0.2, -0.15) is 0 Å². The molecule has 0 spiro atoms. The molecule has 2 aromatic carbocycles. The molecule has 106 valence electrons. The fourth-order valence-corrected chi connectivity index (χ4v) is 2.39. The minimum absolute atomic E-state index is 0.232. The van der Waals surface area contributed by atoms with Crippen LogP contribution in [0.5, 0.6) is 5.75 Å². The largest absolute Gasteiger partial charge is 0.484 e. The second-order valence-electron chi connectivity index (χ2n) is 4.49. The van der Waals surface area contributed by atoms with Gasteiger partial charge < -0.3 is 10.5 Å². The molecule has 20 heavy (non-hydrogen) atoms. The van der Waals surface area contributed by atoms with Gasteiger partial charge in [0.1, 0.15) is 11.9 Å². The van der Waals surface area contributed by atoms with Gasteiger partial charge in [-0.3, -0.25) is 0 Å².